The minimum atomic E-state index is 0.0726. The summed E-state index contributed by atoms with van der Waals surface area (Å²) in [6.45, 7) is 6.94. The third kappa shape index (κ3) is 2.55. The van der Waals surface area contributed by atoms with Gasteiger partial charge in [0.05, 0.1) is 17.9 Å². The number of aromatic nitrogens is 2. The van der Waals surface area contributed by atoms with Crippen molar-refractivity contribution in [3.63, 3.8) is 0 Å². The number of hydrogen-bond donors (Lipinski definition) is 1. The van der Waals surface area contributed by atoms with E-state index < -0.39 is 0 Å². The standard InChI is InChI=1S/C12H17N3O2/c1-4-6-13-8(2)11-14-15-12(17-11)10-5-7-16-9(10)3/h5,7-8,13H,4,6H2,1-3H3. The zero-order chi connectivity index (χ0) is 12.3. The van der Waals surface area contributed by atoms with Crippen LogP contribution in [-0.4, -0.2) is 16.7 Å². The lowest BCUT2D eigenvalue weighted by Gasteiger charge is -2.07. The molecule has 1 atom stereocenters. The van der Waals surface area contributed by atoms with Gasteiger partial charge in [-0.05, 0) is 32.9 Å². The zero-order valence-electron chi connectivity index (χ0n) is 10.4. The van der Waals surface area contributed by atoms with E-state index in [2.05, 4.69) is 22.4 Å². The molecule has 17 heavy (non-hydrogen) atoms. The van der Waals surface area contributed by atoms with Gasteiger partial charge in [-0.1, -0.05) is 6.92 Å². The van der Waals surface area contributed by atoms with Crippen LogP contribution < -0.4 is 5.32 Å². The van der Waals surface area contributed by atoms with Crippen molar-refractivity contribution in [2.45, 2.75) is 33.2 Å². The summed E-state index contributed by atoms with van der Waals surface area (Å²) in [6.07, 6.45) is 2.69. The van der Waals surface area contributed by atoms with Crippen LogP contribution in [0.5, 0.6) is 0 Å². The summed E-state index contributed by atoms with van der Waals surface area (Å²) in [4.78, 5) is 0. The predicted molar refractivity (Wildman–Crippen MR) is 63.4 cm³/mol. The van der Waals surface area contributed by atoms with Crippen LogP contribution in [0.15, 0.2) is 21.2 Å². The second kappa shape index (κ2) is 5.14. The molecule has 5 nitrogen and oxygen atoms in total. The summed E-state index contributed by atoms with van der Waals surface area (Å²) < 4.78 is 10.8. The highest BCUT2D eigenvalue weighted by Gasteiger charge is 2.16. The smallest absolute Gasteiger partial charge is 0.251 e. The molecule has 0 spiro atoms. The molecule has 5 heteroatoms. The second-order valence-corrected chi connectivity index (χ2v) is 4.01. The van der Waals surface area contributed by atoms with Gasteiger partial charge in [0.15, 0.2) is 0 Å². The SMILES string of the molecule is CCCNC(C)c1nnc(-c2ccoc2C)o1. The normalized spacial score (nSPS) is 12.9. The van der Waals surface area contributed by atoms with Gasteiger partial charge < -0.3 is 14.2 Å². The Morgan fingerprint density at radius 3 is 2.88 bits per heavy atom. The molecule has 0 aromatic carbocycles. The number of nitrogens with zero attached hydrogens (tertiary/aromatic N) is 2. The average molecular weight is 235 g/mol. The molecule has 0 saturated carbocycles. The van der Waals surface area contributed by atoms with Gasteiger partial charge in [-0.15, -0.1) is 10.2 Å². The first-order chi connectivity index (χ1) is 8.22. The molecule has 0 amide bonds. The molecule has 1 unspecified atom stereocenters. The van der Waals surface area contributed by atoms with Crippen LogP contribution in [0.3, 0.4) is 0 Å². The maximum Gasteiger partial charge on any atom is 0.251 e. The van der Waals surface area contributed by atoms with Crippen molar-refractivity contribution in [1.29, 1.82) is 0 Å². The summed E-state index contributed by atoms with van der Waals surface area (Å²) in [5, 5.41) is 11.4. The van der Waals surface area contributed by atoms with E-state index in [0.717, 1.165) is 24.3 Å². The van der Waals surface area contributed by atoms with E-state index in [9.17, 15) is 0 Å². The van der Waals surface area contributed by atoms with E-state index in [1.54, 1.807) is 6.26 Å². The molecule has 0 saturated heterocycles. The van der Waals surface area contributed by atoms with Crippen LogP contribution in [0.2, 0.25) is 0 Å². The summed E-state index contributed by atoms with van der Waals surface area (Å²) >= 11 is 0. The molecule has 0 aliphatic carbocycles. The lowest BCUT2D eigenvalue weighted by Crippen LogP contribution is -2.19. The minimum absolute atomic E-state index is 0.0726. The molecule has 92 valence electrons. The summed E-state index contributed by atoms with van der Waals surface area (Å²) in [5.74, 6) is 1.90. The van der Waals surface area contributed by atoms with Gasteiger partial charge in [0.1, 0.15) is 5.76 Å². The van der Waals surface area contributed by atoms with E-state index in [4.69, 9.17) is 8.83 Å². The van der Waals surface area contributed by atoms with Gasteiger partial charge in [-0.3, -0.25) is 0 Å². The molecule has 2 aromatic rings. The molecule has 0 fully saturated rings. The molecular weight excluding hydrogens is 218 g/mol. The fourth-order valence-electron chi connectivity index (χ4n) is 1.57. The number of nitrogens with one attached hydrogen (secondary N) is 1. The Morgan fingerprint density at radius 2 is 2.24 bits per heavy atom. The molecule has 0 radical (unpaired) electrons. The summed E-state index contributed by atoms with van der Waals surface area (Å²) in [5.41, 5.74) is 0.853. The van der Waals surface area contributed by atoms with Crippen LogP contribution in [0.1, 0.15) is 38.0 Å². The third-order valence-electron chi connectivity index (χ3n) is 2.60. The number of aryl methyl sites for hydroxylation is 1. The van der Waals surface area contributed by atoms with Gasteiger partial charge in [0.2, 0.25) is 5.89 Å². The van der Waals surface area contributed by atoms with Gasteiger partial charge in [-0.2, -0.15) is 0 Å². The molecule has 0 aliphatic rings. The molecule has 2 aromatic heterocycles. The van der Waals surface area contributed by atoms with Crippen molar-refractivity contribution in [2.75, 3.05) is 6.54 Å². The van der Waals surface area contributed by atoms with Crippen molar-refractivity contribution in [2.24, 2.45) is 0 Å². The van der Waals surface area contributed by atoms with E-state index in [-0.39, 0.29) is 6.04 Å². The monoisotopic (exact) mass is 235 g/mol. The first-order valence-corrected chi connectivity index (χ1v) is 5.83. The van der Waals surface area contributed by atoms with Crippen molar-refractivity contribution in [3.05, 3.63) is 24.0 Å². The van der Waals surface area contributed by atoms with E-state index in [1.807, 2.05) is 19.9 Å². The Morgan fingerprint density at radius 1 is 1.41 bits per heavy atom. The van der Waals surface area contributed by atoms with E-state index in [1.165, 1.54) is 0 Å². The third-order valence-corrected chi connectivity index (χ3v) is 2.60. The predicted octanol–water partition coefficient (Wildman–Crippen LogP) is 2.70. The molecule has 0 aliphatic heterocycles. The molecule has 2 rings (SSSR count). The Kier molecular flexibility index (Phi) is 3.58. The van der Waals surface area contributed by atoms with Gasteiger partial charge >= 0.3 is 0 Å². The highest BCUT2D eigenvalue weighted by molar-refractivity contribution is 5.54. The van der Waals surface area contributed by atoms with Crippen LogP contribution in [0.4, 0.5) is 0 Å². The maximum atomic E-state index is 5.62. The van der Waals surface area contributed by atoms with Crippen molar-refractivity contribution < 1.29 is 8.83 Å². The summed E-state index contributed by atoms with van der Waals surface area (Å²) in [7, 11) is 0. The Hall–Kier alpha value is -1.62. The highest BCUT2D eigenvalue weighted by Crippen LogP contribution is 2.24. The van der Waals surface area contributed by atoms with Crippen LogP contribution in [0, 0.1) is 6.92 Å². The van der Waals surface area contributed by atoms with Crippen LogP contribution in [-0.2, 0) is 0 Å². The van der Waals surface area contributed by atoms with Gasteiger partial charge in [0, 0.05) is 0 Å². The van der Waals surface area contributed by atoms with Crippen LogP contribution >= 0.6 is 0 Å². The maximum absolute atomic E-state index is 5.62. The topological polar surface area (TPSA) is 64.1 Å². The fraction of sp³-hybridized carbons (Fsp3) is 0.500. The Bertz CT molecular complexity index is 476. The molecule has 2 heterocycles. The Labute approximate surface area is 100 Å². The Balaban J connectivity index is 2.13. The van der Waals surface area contributed by atoms with Crippen molar-refractivity contribution in [1.82, 2.24) is 15.5 Å². The lowest BCUT2D eigenvalue weighted by atomic mass is 10.3. The second-order valence-electron chi connectivity index (χ2n) is 4.01. The zero-order valence-corrected chi connectivity index (χ0v) is 10.4. The highest BCUT2D eigenvalue weighted by atomic mass is 16.4. The van der Waals surface area contributed by atoms with Gasteiger partial charge in [-0.25, -0.2) is 0 Å². The van der Waals surface area contributed by atoms with Crippen LogP contribution in [0.25, 0.3) is 11.5 Å². The number of rotatable bonds is 5. The van der Waals surface area contributed by atoms with E-state index >= 15 is 0 Å². The van der Waals surface area contributed by atoms with Crippen molar-refractivity contribution >= 4 is 0 Å². The number of hydrogen-bond acceptors (Lipinski definition) is 5. The fourth-order valence-corrected chi connectivity index (χ4v) is 1.57. The molecular formula is C12H17N3O2. The van der Waals surface area contributed by atoms with Crippen molar-refractivity contribution in [3.8, 4) is 11.5 Å². The summed E-state index contributed by atoms with van der Waals surface area (Å²) in [6, 6.07) is 1.90. The van der Waals surface area contributed by atoms with E-state index in [0.29, 0.717) is 11.8 Å². The molecule has 1 N–H and O–H groups in total. The minimum Gasteiger partial charge on any atom is -0.469 e. The first-order valence-electron chi connectivity index (χ1n) is 5.83. The largest absolute Gasteiger partial charge is 0.469 e. The van der Waals surface area contributed by atoms with Gasteiger partial charge in [0.25, 0.3) is 5.89 Å². The average Bonchev–Trinajstić information content (AvgIpc) is 2.93. The first kappa shape index (κ1) is 11.9. The molecule has 0 bridgehead atoms. The quantitative estimate of drug-likeness (QED) is 0.863. The number of furan rings is 1. The lowest BCUT2D eigenvalue weighted by molar-refractivity contribution is 0.422.